The highest BCUT2D eigenvalue weighted by molar-refractivity contribution is 5.93. The summed E-state index contributed by atoms with van der Waals surface area (Å²) in [6, 6.07) is 8.85. The number of benzene rings is 1. The lowest BCUT2D eigenvalue weighted by atomic mass is 10.2. The zero-order valence-corrected chi connectivity index (χ0v) is 16.5. The Labute approximate surface area is 164 Å². The molecule has 2 rings (SSSR count). The summed E-state index contributed by atoms with van der Waals surface area (Å²) in [6.45, 7) is 1.99. The van der Waals surface area contributed by atoms with Crippen molar-refractivity contribution in [2.24, 2.45) is 0 Å². The second-order valence-electron chi connectivity index (χ2n) is 5.90. The summed E-state index contributed by atoms with van der Waals surface area (Å²) in [5.41, 5.74) is 1.32. The van der Waals surface area contributed by atoms with Crippen molar-refractivity contribution in [3.05, 3.63) is 42.2 Å². The van der Waals surface area contributed by atoms with Gasteiger partial charge in [-0.15, -0.1) is 0 Å². The van der Waals surface area contributed by atoms with Gasteiger partial charge in [-0.25, -0.2) is 0 Å². The molecule has 1 heterocycles. The summed E-state index contributed by atoms with van der Waals surface area (Å²) in [6.07, 6.45) is 1.81. The smallest absolute Gasteiger partial charge is 0.223 e. The van der Waals surface area contributed by atoms with Crippen LogP contribution in [0.4, 0.5) is 5.69 Å². The predicted octanol–water partition coefficient (Wildman–Crippen LogP) is 2.17. The molecule has 0 unspecified atom stereocenters. The Morgan fingerprint density at radius 2 is 1.75 bits per heavy atom. The van der Waals surface area contributed by atoms with Crippen LogP contribution in [-0.4, -0.2) is 44.7 Å². The number of ether oxygens (including phenoxy) is 3. The van der Waals surface area contributed by atoms with Crippen LogP contribution in [0.15, 0.2) is 36.5 Å². The maximum atomic E-state index is 12.2. The highest BCUT2D eigenvalue weighted by Gasteiger charge is 2.19. The van der Waals surface area contributed by atoms with Crippen LogP contribution in [0.3, 0.4) is 0 Å². The molecule has 2 amide bonds. The van der Waals surface area contributed by atoms with Crippen molar-refractivity contribution in [3.63, 3.8) is 0 Å². The molecule has 0 saturated carbocycles. The van der Waals surface area contributed by atoms with Crippen LogP contribution >= 0.6 is 0 Å². The fourth-order valence-electron chi connectivity index (χ4n) is 2.69. The van der Waals surface area contributed by atoms with Crippen LogP contribution in [0.1, 0.15) is 19.0 Å². The molecule has 8 nitrogen and oxygen atoms in total. The number of pyridine rings is 1. The molecule has 1 aromatic carbocycles. The number of amides is 2. The molecule has 0 saturated heterocycles. The van der Waals surface area contributed by atoms with Gasteiger partial charge in [0, 0.05) is 38.2 Å². The van der Waals surface area contributed by atoms with Gasteiger partial charge in [0.25, 0.3) is 0 Å². The Morgan fingerprint density at radius 3 is 2.25 bits per heavy atom. The molecule has 0 aliphatic heterocycles. The van der Waals surface area contributed by atoms with Gasteiger partial charge in [0.15, 0.2) is 11.5 Å². The number of aromatic nitrogens is 1. The van der Waals surface area contributed by atoms with Crippen molar-refractivity contribution in [2.75, 3.05) is 32.8 Å². The SMILES string of the molecule is COc1cc(N(CCC(=O)NCc2ccccn2)C(C)=O)cc(OC)c1OC. The van der Waals surface area contributed by atoms with Crippen LogP contribution in [0.2, 0.25) is 0 Å². The van der Waals surface area contributed by atoms with Crippen LogP contribution in [-0.2, 0) is 16.1 Å². The molecule has 8 heteroatoms. The number of methoxy groups -OCH3 is 3. The van der Waals surface area contributed by atoms with Gasteiger partial charge < -0.3 is 24.4 Å². The fraction of sp³-hybridized carbons (Fsp3) is 0.350. The second kappa shape index (κ2) is 10.1. The van der Waals surface area contributed by atoms with Crippen LogP contribution in [0, 0.1) is 0 Å². The molecule has 0 radical (unpaired) electrons. The van der Waals surface area contributed by atoms with Crippen molar-refractivity contribution in [1.82, 2.24) is 10.3 Å². The van der Waals surface area contributed by atoms with E-state index in [-0.39, 0.29) is 24.8 Å². The number of anilines is 1. The van der Waals surface area contributed by atoms with Crippen LogP contribution in [0.5, 0.6) is 17.2 Å². The Hall–Kier alpha value is -3.29. The van der Waals surface area contributed by atoms with Crippen molar-refractivity contribution < 1.29 is 23.8 Å². The maximum absolute atomic E-state index is 12.2. The number of carbonyl (C=O) groups is 2. The Kier molecular flexibility index (Phi) is 7.62. The van der Waals surface area contributed by atoms with Crippen molar-refractivity contribution >= 4 is 17.5 Å². The molecule has 1 aromatic heterocycles. The summed E-state index contributed by atoms with van der Waals surface area (Å²) < 4.78 is 16.0. The van der Waals surface area contributed by atoms with E-state index in [1.165, 1.54) is 33.2 Å². The first-order valence-electron chi connectivity index (χ1n) is 8.74. The zero-order chi connectivity index (χ0) is 20.5. The monoisotopic (exact) mass is 387 g/mol. The molecule has 28 heavy (non-hydrogen) atoms. The fourth-order valence-corrected chi connectivity index (χ4v) is 2.69. The molecular weight excluding hydrogens is 362 g/mol. The topological polar surface area (TPSA) is 90.0 Å². The minimum atomic E-state index is -0.202. The summed E-state index contributed by atoms with van der Waals surface area (Å²) in [5.74, 6) is 0.923. The Morgan fingerprint density at radius 1 is 1.07 bits per heavy atom. The lowest BCUT2D eigenvalue weighted by Gasteiger charge is -2.23. The van der Waals surface area contributed by atoms with E-state index in [0.717, 1.165) is 5.69 Å². The number of hydrogen-bond donors (Lipinski definition) is 1. The lowest BCUT2D eigenvalue weighted by molar-refractivity contribution is -0.121. The average Bonchev–Trinajstić information content (AvgIpc) is 2.71. The molecular formula is C20H25N3O5. The largest absolute Gasteiger partial charge is 0.493 e. The first-order valence-corrected chi connectivity index (χ1v) is 8.74. The van der Waals surface area contributed by atoms with Gasteiger partial charge in [-0.05, 0) is 12.1 Å². The average molecular weight is 387 g/mol. The van der Waals surface area contributed by atoms with Gasteiger partial charge in [-0.2, -0.15) is 0 Å². The van der Waals surface area contributed by atoms with Gasteiger partial charge in [-0.3, -0.25) is 14.6 Å². The van der Waals surface area contributed by atoms with E-state index in [0.29, 0.717) is 29.5 Å². The van der Waals surface area contributed by atoms with Crippen molar-refractivity contribution in [2.45, 2.75) is 19.9 Å². The Bertz CT molecular complexity index is 786. The van der Waals surface area contributed by atoms with E-state index in [4.69, 9.17) is 14.2 Å². The lowest BCUT2D eigenvalue weighted by Crippen LogP contribution is -2.33. The van der Waals surface area contributed by atoms with Crippen LogP contribution < -0.4 is 24.4 Å². The van der Waals surface area contributed by atoms with E-state index in [1.807, 2.05) is 18.2 Å². The van der Waals surface area contributed by atoms with Gasteiger partial charge in [0.2, 0.25) is 17.6 Å². The van der Waals surface area contributed by atoms with Crippen molar-refractivity contribution in [3.8, 4) is 17.2 Å². The molecule has 1 N–H and O–H groups in total. The molecule has 0 atom stereocenters. The highest BCUT2D eigenvalue weighted by atomic mass is 16.5. The zero-order valence-electron chi connectivity index (χ0n) is 16.5. The van der Waals surface area contributed by atoms with Gasteiger partial charge in [0.05, 0.1) is 39.3 Å². The molecule has 0 bridgehead atoms. The number of hydrogen-bond acceptors (Lipinski definition) is 6. The van der Waals surface area contributed by atoms with E-state index in [9.17, 15) is 9.59 Å². The standard InChI is InChI=1S/C20H25N3O5/c1-14(24)23(10-8-19(25)22-13-15-7-5-6-9-21-15)16-11-17(26-2)20(28-4)18(12-16)27-3/h5-7,9,11-12H,8,10,13H2,1-4H3,(H,22,25). The second-order valence-corrected chi connectivity index (χ2v) is 5.90. The van der Waals surface area contributed by atoms with Crippen molar-refractivity contribution in [1.29, 1.82) is 0 Å². The summed E-state index contributed by atoms with van der Waals surface area (Å²) in [5, 5.41) is 2.80. The third kappa shape index (κ3) is 5.35. The van der Waals surface area contributed by atoms with E-state index < -0.39 is 0 Å². The minimum Gasteiger partial charge on any atom is -0.493 e. The first kappa shape index (κ1) is 21.0. The minimum absolute atomic E-state index is 0.142. The molecule has 0 aliphatic rings. The number of nitrogens with zero attached hydrogens (tertiary/aromatic N) is 2. The molecule has 0 aliphatic carbocycles. The third-order valence-corrected chi connectivity index (χ3v) is 4.10. The predicted molar refractivity (Wildman–Crippen MR) is 105 cm³/mol. The molecule has 2 aromatic rings. The number of rotatable bonds is 9. The van der Waals surface area contributed by atoms with Crippen LogP contribution in [0.25, 0.3) is 0 Å². The maximum Gasteiger partial charge on any atom is 0.223 e. The van der Waals surface area contributed by atoms with Gasteiger partial charge in [0.1, 0.15) is 0 Å². The number of carbonyl (C=O) groups excluding carboxylic acids is 2. The van der Waals surface area contributed by atoms with E-state index >= 15 is 0 Å². The number of nitrogens with one attached hydrogen (secondary N) is 1. The quantitative estimate of drug-likeness (QED) is 0.709. The Balaban J connectivity index is 2.09. The highest BCUT2D eigenvalue weighted by Crippen LogP contribution is 2.41. The third-order valence-electron chi connectivity index (χ3n) is 4.10. The van der Waals surface area contributed by atoms with E-state index in [2.05, 4.69) is 10.3 Å². The summed E-state index contributed by atoms with van der Waals surface area (Å²) in [7, 11) is 4.52. The van der Waals surface area contributed by atoms with Gasteiger partial charge in [-0.1, -0.05) is 6.07 Å². The molecule has 0 spiro atoms. The summed E-state index contributed by atoms with van der Waals surface area (Å²) in [4.78, 5) is 30.0. The molecule has 0 fully saturated rings. The van der Waals surface area contributed by atoms with Gasteiger partial charge >= 0.3 is 0 Å². The first-order chi connectivity index (χ1) is 13.5. The van der Waals surface area contributed by atoms with E-state index in [1.54, 1.807) is 18.3 Å². The molecule has 150 valence electrons. The normalized spacial score (nSPS) is 10.1. The summed E-state index contributed by atoms with van der Waals surface area (Å²) >= 11 is 0.